The molecule has 0 radical (unpaired) electrons. The van der Waals surface area contributed by atoms with Crippen molar-refractivity contribution in [2.24, 2.45) is 0 Å². The summed E-state index contributed by atoms with van der Waals surface area (Å²) in [7, 11) is 0. The molecule has 1 aliphatic carbocycles. The summed E-state index contributed by atoms with van der Waals surface area (Å²) in [4.78, 5) is 23.0. The second-order valence-electron chi connectivity index (χ2n) is 5.03. The van der Waals surface area contributed by atoms with Gasteiger partial charge < -0.3 is 10.1 Å². The van der Waals surface area contributed by atoms with Crippen LogP contribution >= 0.6 is 0 Å². The van der Waals surface area contributed by atoms with Gasteiger partial charge in [-0.2, -0.15) is 0 Å². The van der Waals surface area contributed by atoms with Gasteiger partial charge in [-0.05, 0) is 25.0 Å². The van der Waals surface area contributed by atoms with Crippen LogP contribution in [-0.2, 0) is 4.79 Å². The van der Waals surface area contributed by atoms with Crippen molar-refractivity contribution in [3.63, 3.8) is 0 Å². The molecule has 1 saturated carbocycles. The molecule has 0 heterocycles. The molecule has 0 bridgehead atoms. The van der Waals surface area contributed by atoms with E-state index >= 15 is 0 Å². The fourth-order valence-corrected chi connectivity index (χ4v) is 2.67. The van der Waals surface area contributed by atoms with Gasteiger partial charge in [0.1, 0.15) is 6.29 Å². The van der Waals surface area contributed by atoms with Gasteiger partial charge in [-0.3, -0.25) is 4.79 Å². The molecule has 0 spiro atoms. The molecule has 18 heavy (non-hydrogen) atoms. The van der Waals surface area contributed by atoms with E-state index in [-0.39, 0.29) is 11.4 Å². The van der Waals surface area contributed by atoms with Crippen molar-refractivity contribution < 1.29 is 9.59 Å². The highest BCUT2D eigenvalue weighted by Crippen LogP contribution is 2.30. The van der Waals surface area contributed by atoms with E-state index in [9.17, 15) is 9.59 Å². The predicted molar refractivity (Wildman–Crippen MR) is 70.4 cm³/mol. The third-order valence-electron chi connectivity index (χ3n) is 3.70. The Labute approximate surface area is 108 Å². The van der Waals surface area contributed by atoms with Gasteiger partial charge in [-0.15, -0.1) is 0 Å². The molecule has 96 valence electrons. The minimum atomic E-state index is -0.313. The molecular formula is C15H19NO2. The SMILES string of the molecule is O=CCC1(NC(=O)c2ccccc2)CCCCC1. The van der Waals surface area contributed by atoms with Gasteiger partial charge in [-0.1, -0.05) is 37.5 Å². The number of benzene rings is 1. The Balaban J connectivity index is 2.09. The van der Waals surface area contributed by atoms with Crippen LogP contribution in [0.2, 0.25) is 0 Å². The van der Waals surface area contributed by atoms with Gasteiger partial charge in [0.05, 0.1) is 0 Å². The molecular weight excluding hydrogens is 226 g/mol. The second kappa shape index (κ2) is 5.80. The number of hydrogen-bond donors (Lipinski definition) is 1. The Hall–Kier alpha value is -1.64. The zero-order valence-corrected chi connectivity index (χ0v) is 10.5. The molecule has 3 nitrogen and oxygen atoms in total. The lowest BCUT2D eigenvalue weighted by atomic mass is 9.79. The average molecular weight is 245 g/mol. The van der Waals surface area contributed by atoms with Crippen LogP contribution in [-0.4, -0.2) is 17.7 Å². The van der Waals surface area contributed by atoms with Crippen molar-refractivity contribution in [1.29, 1.82) is 0 Å². The van der Waals surface area contributed by atoms with Crippen molar-refractivity contribution in [1.82, 2.24) is 5.32 Å². The normalized spacial score (nSPS) is 18.0. The van der Waals surface area contributed by atoms with Crippen LogP contribution in [0.3, 0.4) is 0 Å². The van der Waals surface area contributed by atoms with Gasteiger partial charge in [-0.25, -0.2) is 0 Å². The smallest absolute Gasteiger partial charge is 0.251 e. The van der Waals surface area contributed by atoms with Crippen LogP contribution in [0.25, 0.3) is 0 Å². The first-order valence-corrected chi connectivity index (χ1v) is 6.57. The topological polar surface area (TPSA) is 46.2 Å². The van der Waals surface area contributed by atoms with E-state index in [4.69, 9.17) is 0 Å². The largest absolute Gasteiger partial charge is 0.346 e. The molecule has 1 N–H and O–H groups in total. The van der Waals surface area contributed by atoms with E-state index in [0.717, 1.165) is 32.0 Å². The van der Waals surface area contributed by atoms with Gasteiger partial charge in [0.2, 0.25) is 0 Å². The highest BCUT2D eigenvalue weighted by Gasteiger charge is 2.33. The van der Waals surface area contributed by atoms with Crippen molar-refractivity contribution in [3.8, 4) is 0 Å². The zero-order valence-electron chi connectivity index (χ0n) is 10.5. The molecule has 1 fully saturated rings. The highest BCUT2D eigenvalue weighted by atomic mass is 16.2. The van der Waals surface area contributed by atoms with Crippen LogP contribution < -0.4 is 5.32 Å². The number of hydrogen-bond acceptors (Lipinski definition) is 2. The summed E-state index contributed by atoms with van der Waals surface area (Å²) in [5.74, 6) is -0.0700. The van der Waals surface area contributed by atoms with E-state index in [0.29, 0.717) is 12.0 Å². The summed E-state index contributed by atoms with van der Waals surface area (Å²) in [6.45, 7) is 0. The molecule has 0 atom stereocenters. The summed E-state index contributed by atoms with van der Waals surface area (Å²) in [5, 5.41) is 3.08. The summed E-state index contributed by atoms with van der Waals surface area (Å²) < 4.78 is 0. The zero-order chi connectivity index (χ0) is 12.8. The van der Waals surface area contributed by atoms with E-state index in [2.05, 4.69) is 5.32 Å². The third kappa shape index (κ3) is 2.97. The molecule has 0 saturated heterocycles. The second-order valence-corrected chi connectivity index (χ2v) is 5.03. The maximum absolute atomic E-state index is 12.2. The van der Waals surface area contributed by atoms with E-state index < -0.39 is 0 Å². The van der Waals surface area contributed by atoms with Crippen molar-refractivity contribution >= 4 is 12.2 Å². The van der Waals surface area contributed by atoms with E-state index in [1.54, 1.807) is 12.1 Å². The number of nitrogens with one attached hydrogen (secondary N) is 1. The van der Waals surface area contributed by atoms with E-state index in [1.807, 2.05) is 18.2 Å². The number of aldehydes is 1. The molecule has 1 aliphatic rings. The Kier molecular flexibility index (Phi) is 4.13. The minimum Gasteiger partial charge on any atom is -0.346 e. The summed E-state index contributed by atoms with van der Waals surface area (Å²) in [6.07, 6.45) is 6.53. The predicted octanol–water partition coefficient (Wildman–Crippen LogP) is 2.71. The summed E-state index contributed by atoms with van der Waals surface area (Å²) in [6, 6.07) is 9.18. The van der Waals surface area contributed by atoms with Gasteiger partial charge in [0.25, 0.3) is 5.91 Å². The lowest BCUT2D eigenvalue weighted by molar-refractivity contribution is -0.109. The Morgan fingerprint density at radius 3 is 2.44 bits per heavy atom. The monoisotopic (exact) mass is 245 g/mol. The van der Waals surface area contributed by atoms with Gasteiger partial charge in [0, 0.05) is 17.5 Å². The van der Waals surface area contributed by atoms with Crippen LogP contribution in [0, 0.1) is 0 Å². The van der Waals surface area contributed by atoms with Crippen LogP contribution in [0.1, 0.15) is 48.9 Å². The van der Waals surface area contributed by atoms with Crippen LogP contribution in [0.4, 0.5) is 0 Å². The minimum absolute atomic E-state index is 0.0700. The first-order valence-electron chi connectivity index (χ1n) is 6.57. The first-order chi connectivity index (χ1) is 8.76. The molecule has 0 aromatic heterocycles. The molecule has 0 unspecified atom stereocenters. The molecule has 3 heteroatoms. The molecule has 0 aliphatic heterocycles. The third-order valence-corrected chi connectivity index (χ3v) is 3.70. The quantitative estimate of drug-likeness (QED) is 0.829. The lowest BCUT2D eigenvalue weighted by Crippen LogP contribution is -2.50. The summed E-state index contributed by atoms with van der Waals surface area (Å²) >= 11 is 0. The van der Waals surface area contributed by atoms with Crippen molar-refractivity contribution in [2.45, 2.75) is 44.1 Å². The highest BCUT2D eigenvalue weighted by molar-refractivity contribution is 5.94. The van der Waals surface area contributed by atoms with Gasteiger partial charge >= 0.3 is 0 Å². The standard InChI is InChI=1S/C15H19NO2/c17-12-11-15(9-5-2-6-10-15)16-14(18)13-7-3-1-4-8-13/h1,3-4,7-8,12H,2,5-6,9-11H2,(H,16,18). The molecule has 1 aromatic rings. The van der Waals surface area contributed by atoms with Gasteiger partial charge in [0.15, 0.2) is 0 Å². The first kappa shape index (κ1) is 12.8. The average Bonchev–Trinajstić information content (AvgIpc) is 2.41. The Morgan fingerprint density at radius 1 is 1.17 bits per heavy atom. The summed E-state index contributed by atoms with van der Waals surface area (Å²) in [5.41, 5.74) is 0.348. The fourth-order valence-electron chi connectivity index (χ4n) is 2.67. The molecule has 2 rings (SSSR count). The number of carbonyl (C=O) groups is 2. The van der Waals surface area contributed by atoms with Crippen LogP contribution in [0.15, 0.2) is 30.3 Å². The van der Waals surface area contributed by atoms with Crippen molar-refractivity contribution in [2.75, 3.05) is 0 Å². The van der Waals surface area contributed by atoms with Crippen molar-refractivity contribution in [3.05, 3.63) is 35.9 Å². The number of amides is 1. The Morgan fingerprint density at radius 2 is 1.83 bits per heavy atom. The number of carbonyl (C=O) groups excluding carboxylic acids is 2. The maximum Gasteiger partial charge on any atom is 0.251 e. The lowest BCUT2D eigenvalue weighted by Gasteiger charge is -2.36. The van der Waals surface area contributed by atoms with Crippen LogP contribution in [0.5, 0.6) is 0 Å². The molecule has 1 aromatic carbocycles. The maximum atomic E-state index is 12.2. The molecule has 1 amide bonds. The van der Waals surface area contributed by atoms with E-state index in [1.165, 1.54) is 6.42 Å². The number of rotatable bonds is 4. The fraction of sp³-hybridized carbons (Fsp3) is 0.467. The Bertz CT molecular complexity index is 408.